The molecule has 0 radical (unpaired) electrons. The normalized spacial score (nSPS) is 24.0. The van der Waals surface area contributed by atoms with Crippen LogP contribution in [0.15, 0.2) is 23.1 Å². The minimum absolute atomic E-state index is 0.113. The monoisotopic (exact) mass is 319 g/mol. The highest BCUT2D eigenvalue weighted by atomic mass is 32.2. The van der Waals surface area contributed by atoms with Crippen molar-refractivity contribution in [2.45, 2.75) is 24.7 Å². The molecule has 21 heavy (non-hydrogen) atoms. The first kappa shape index (κ1) is 15.8. The Balaban J connectivity index is 2.37. The van der Waals surface area contributed by atoms with Crippen molar-refractivity contribution in [3.05, 3.63) is 29.8 Å². The Morgan fingerprint density at radius 2 is 2.05 bits per heavy atom. The third kappa shape index (κ3) is 2.91. The SMILES string of the molecule is CC1(C(=O)O)CCCN(S(=O)(=O)c2ccc(F)cc2F)C1. The van der Waals surface area contributed by atoms with Crippen LogP contribution in [-0.4, -0.2) is 36.9 Å². The quantitative estimate of drug-likeness (QED) is 0.922. The van der Waals surface area contributed by atoms with Gasteiger partial charge in [-0.1, -0.05) is 0 Å². The van der Waals surface area contributed by atoms with Crippen LogP contribution in [0.1, 0.15) is 19.8 Å². The third-order valence-corrected chi connectivity index (χ3v) is 5.57. The molecule has 8 heteroatoms. The predicted octanol–water partition coefficient (Wildman–Crippen LogP) is 1.84. The van der Waals surface area contributed by atoms with Crippen LogP contribution in [-0.2, 0) is 14.8 Å². The highest BCUT2D eigenvalue weighted by Gasteiger charge is 2.42. The Bertz CT molecular complexity index is 677. The number of sulfonamides is 1. The van der Waals surface area contributed by atoms with Crippen LogP contribution in [0, 0.1) is 17.0 Å². The third-order valence-electron chi connectivity index (χ3n) is 3.69. The fourth-order valence-corrected chi connectivity index (χ4v) is 4.04. The van der Waals surface area contributed by atoms with Crippen molar-refractivity contribution in [2.24, 2.45) is 5.41 Å². The Morgan fingerprint density at radius 3 is 2.62 bits per heavy atom. The van der Waals surface area contributed by atoms with E-state index in [-0.39, 0.29) is 13.1 Å². The van der Waals surface area contributed by atoms with Gasteiger partial charge >= 0.3 is 5.97 Å². The summed E-state index contributed by atoms with van der Waals surface area (Å²) in [5.74, 6) is -3.15. The zero-order valence-electron chi connectivity index (χ0n) is 11.3. The van der Waals surface area contributed by atoms with E-state index in [4.69, 9.17) is 0 Å². The van der Waals surface area contributed by atoms with Crippen LogP contribution < -0.4 is 0 Å². The maximum absolute atomic E-state index is 13.7. The van der Waals surface area contributed by atoms with Gasteiger partial charge in [0.25, 0.3) is 0 Å². The van der Waals surface area contributed by atoms with Gasteiger partial charge in [0.2, 0.25) is 10.0 Å². The molecule has 2 rings (SSSR count). The highest BCUT2D eigenvalue weighted by Crippen LogP contribution is 2.33. The molecular weight excluding hydrogens is 304 g/mol. The van der Waals surface area contributed by atoms with Crippen LogP contribution in [0.4, 0.5) is 8.78 Å². The molecule has 1 atom stereocenters. The fourth-order valence-electron chi connectivity index (χ4n) is 2.40. The summed E-state index contributed by atoms with van der Waals surface area (Å²) in [6.45, 7) is 1.33. The first-order valence-electron chi connectivity index (χ1n) is 6.35. The number of carboxylic acids is 1. The number of rotatable bonds is 3. The number of hydrogen-bond donors (Lipinski definition) is 1. The standard InChI is InChI=1S/C13H15F2NO4S/c1-13(12(17)18)5-2-6-16(8-13)21(19,20)11-4-3-9(14)7-10(11)15/h3-4,7H,2,5-6,8H2,1H3,(H,17,18). The van der Waals surface area contributed by atoms with Gasteiger partial charge < -0.3 is 5.11 Å². The Hall–Kier alpha value is -1.54. The molecule has 0 aliphatic carbocycles. The van der Waals surface area contributed by atoms with Crippen LogP contribution in [0.2, 0.25) is 0 Å². The molecule has 1 aliphatic heterocycles. The summed E-state index contributed by atoms with van der Waals surface area (Å²) >= 11 is 0. The van der Waals surface area contributed by atoms with Gasteiger partial charge in [-0.15, -0.1) is 0 Å². The first-order chi connectivity index (χ1) is 9.67. The van der Waals surface area contributed by atoms with E-state index in [1.807, 2.05) is 0 Å². The molecule has 1 aliphatic rings. The maximum Gasteiger partial charge on any atom is 0.310 e. The number of nitrogens with zero attached hydrogens (tertiary/aromatic N) is 1. The molecule has 1 aromatic rings. The molecule has 1 N–H and O–H groups in total. The van der Waals surface area contributed by atoms with Crippen molar-refractivity contribution >= 4 is 16.0 Å². The average molecular weight is 319 g/mol. The average Bonchev–Trinajstić information content (AvgIpc) is 2.38. The number of benzene rings is 1. The zero-order chi connectivity index (χ0) is 15.8. The lowest BCUT2D eigenvalue weighted by molar-refractivity contribution is -0.150. The van der Waals surface area contributed by atoms with Crippen LogP contribution >= 0.6 is 0 Å². The van der Waals surface area contributed by atoms with Gasteiger partial charge in [0.15, 0.2) is 0 Å². The lowest BCUT2D eigenvalue weighted by Gasteiger charge is -2.36. The molecule has 1 heterocycles. The molecule has 1 unspecified atom stereocenters. The molecule has 0 aromatic heterocycles. The van der Waals surface area contributed by atoms with Gasteiger partial charge in [-0.25, -0.2) is 17.2 Å². The largest absolute Gasteiger partial charge is 0.481 e. The van der Waals surface area contributed by atoms with Crippen LogP contribution in [0.25, 0.3) is 0 Å². The summed E-state index contributed by atoms with van der Waals surface area (Å²) in [6.07, 6.45) is 0.713. The number of halogens is 2. The van der Waals surface area contributed by atoms with E-state index in [9.17, 15) is 27.1 Å². The fraction of sp³-hybridized carbons (Fsp3) is 0.462. The minimum Gasteiger partial charge on any atom is -0.481 e. The van der Waals surface area contributed by atoms with Crippen molar-refractivity contribution in [2.75, 3.05) is 13.1 Å². The van der Waals surface area contributed by atoms with E-state index in [1.54, 1.807) is 0 Å². The summed E-state index contributed by atoms with van der Waals surface area (Å²) in [5, 5.41) is 9.20. The highest BCUT2D eigenvalue weighted by molar-refractivity contribution is 7.89. The number of hydrogen-bond acceptors (Lipinski definition) is 3. The van der Waals surface area contributed by atoms with Gasteiger partial charge in [0.1, 0.15) is 16.5 Å². The van der Waals surface area contributed by atoms with Gasteiger partial charge in [-0.2, -0.15) is 4.31 Å². The number of aliphatic carboxylic acids is 1. The smallest absolute Gasteiger partial charge is 0.310 e. The van der Waals surface area contributed by atoms with Gasteiger partial charge in [0.05, 0.1) is 5.41 Å². The van der Waals surface area contributed by atoms with Gasteiger partial charge in [-0.3, -0.25) is 4.79 Å². The van der Waals surface area contributed by atoms with E-state index in [2.05, 4.69) is 0 Å². The predicted molar refractivity (Wildman–Crippen MR) is 70.1 cm³/mol. The summed E-state index contributed by atoms with van der Waals surface area (Å²) in [7, 11) is -4.19. The van der Waals surface area contributed by atoms with Crippen molar-refractivity contribution in [3.8, 4) is 0 Å². The Labute approximate surface area is 121 Å². The van der Waals surface area contributed by atoms with Gasteiger partial charge in [-0.05, 0) is 31.9 Å². The minimum atomic E-state index is -4.19. The summed E-state index contributed by atoms with van der Waals surface area (Å²) < 4.78 is 52.3. The lowest BCUT2D eigenvalue weighted by Crippen LogP contribution is -2.48. The topological polar surface area (TPSA) is 74.7 Å². The summed E-state index contributed by atoms with van der Waals surface area (Å²) in [4.78, 5) is 10.6. The molecule has 116 valence electrons. The van der Waals surface area contributed by atoms with E-state index in [1.165, 1.54) is 6.92 Å². The zero-order valence-corrected chi connectivity index (χ0v) is 12.2. The summed E-state index contributed by atoms with van der Waals surface area (Å²) in [6, 6.07) is 2.20. The summed E-state index contributed by atoms with van der Waals surface area (Å²) in [5.41, 5.74) is -1.21. The molecule has 1 aromatic carbocycles. The molecule has 0 saturated carbocycles. The lowest BCUT2D eigenvalue weighted by atomic mass is 9.83. The molecular formula is C13H15F2NO4S. The van der Waals surface area contributed by atoms with Crippen molar-refractivity contribution in [1.82, 2.24) is 4.31 Å². The van der Waals surface area contributed by atoms with Crippen molar-refractivity contribution < 1.29 is 27.1 Å². The van der Waals surface area contributed by atoms with Crippen LogP contribution in [0.3, 0.4) is 0 Å². The number of piperidine rings is 1. The second-order valence-corrected chi connectivity index (χ2v) is 7.29. The van der Waals surface area contributed by atoms with E-state index >= 15 is 0 Å². The van der Waals surface area contributed by atoms with E-state index in [0.717, 1.165) is 16.4 Å². The molecule has 1 fully saturated rings. The molecule has 0 spiro atoms. The molecule has 5 nitrogen and oxygen atoms in total. The number of carboxylic acid groups (broad SMARTS) is 1. The molecule has 0 bridgehead atoms. The maximum atomic E-state index is 13.7. The first-order valence-corrected chi connectivity index (χ1v) is 7.79. The van der Waals surface area contributed by atoms with Gasteiger partial charge in [0, 0.05) is 19.2 Å². The molecule has 1 saturated heterocycles. The second kappa shape index (κ2) is 5.34. The number of carbonyl (C=O) groups is 1. The van der Waals surface area contributed by atoms with Crippen molar-refractivity contribution in [1.29, 1.82) is 0 Å². The Kier molecular flexibility index (Phi) is 4.03. The van der Waals surface area contributed by atoms with E-state index < -0.39 is 37.9 Å². The molecule has 0 amide bonds. The van der Waals surface area contributed by atoms with Crippen molar-refractivity contribution in [3.63, 3.8) is 0 Å². The van der Waals surface area contributed by atoms with Crippen LogP contribution in [0.5, 0.6) is 0 Å². The Morgan fingerprint density at radius 1 is 1.38 bits per heavy atom. The van der Waals surface area contributed by atoms with E-state index in [0.29, 0.717) is 18.9 Å². The second-order valence-electron chi connectivity index (χ2n) is 5.38.